The van der Waals surface area contributed by atoms with E-state index in [1.807, 2.05) is 76.2 Å². The minimum absolute atomic E-state index is 0. The predicted octanol–water partition coefficient (Wildman–Crippen LogP) is 23.9. The Morgan fingerprint density at radius 2 is 0.376 bits per heavy atom. The van der Waals surface area contributed by atoms with Crippen LogP contribution in [0.5, 0.6) is 0 Å². The molecule has 8 aromatic heterocycles. The van der Waals surface area contributed by atoms with Crippen molar-refractivity contribution in [2.45, 2.75) is 360 Å². The molecule has 8 aromatic rings. The third-order valence-electron chi connectivity index (χ3n) is 18.9. The summed E-state index contributed by atoms with van der Waals surface area (Å²) in [6.45, 7) is 88.5. The smallest absolute Gasteiger partial charge is 0.131 e. The molecule has 8 heterocycles. The summed E-state index contributed by atoms with van der Waals surface area (Å²) in [5, 5.41) is 16.6. The van der Waals surface area contributed by atoms with E-state index in [0.29, 0.717) is 47.3 Å². The number of aryl methyl sites for hydroxylation is 13. The Kier molecular flexibility index (Phi) is 43.0. The number of rotatable bonds is 8. The normalized spacial score (nSPS) is 10.6. The Bertz CT molecular complexity index is 3680. The van der Waals surface area contributed by atoms with Crippen LogP contribution in [-0.2, 0) is 0 Å². The summed E-state index contributed by atoms with van der Waals surface area (Å²) in [7, 11) is 0. The van der Waals surface area contributed by atoms with Crippen LogP contribution in [0.15, 0.2) is 0 Å². The summed E-state index contributed by atoms with van der Waals surface area (Å²) in [6.07, 6.45) is 0. The standard InChI is InChI=1S/2C12H19N.6C10H16N2.3CH4/c2*1-7(2)12-10(5)8(3)9(4)11(6)13-12;1-6(2)10-9(5)11-7(3)8(4)12-10;2*1-6(2)10-7(3)8(4)11-9(5)12-10;1-6(2)10-11-8(4)7(3)9(5)12-10;2*1-6(2)10-8(4)7(3)9(5)11-12-10;;;/h2*7H,1-6H3;6*6H,1-5H3;3*1H4. The molecule has 0 bridgehead atoms. The maximum atomic E-state index is 4.63. The fraction of sp³-hybridized carbons (Fsp3) is 0.609. The van der Waals surface area contributed by atoms with E-state index in [-0.39, 0.29) is 22.3 Å². The van der Waals surface area contributed by atoms with E-state index in [4.69, 9.17) is 0 Å². The monoisotopic (exact) mass is 1390 g/mol. The molecule has 0 aliphatic carbocycles. The van der Waals surface area contributed by atoms with Crippen molar-refractivity contribution in [1.29, 1.82) is 0 Å². The molecule has 564 valence electrons. The second-order valence-electron chi connectivity index (χ2n) is 29.5. The number of nitrogens with zero attached hydrogens (tertiary/aromatic N) is 14. The van der Waals surface area contributed by atoms with Crippen LogP contribution in [0.4, 0.5) is 0 Å². The number of hydrogen-bond acceptors (Lipinski definition) is 14. The van der Waals surface area contributed by atoms with Gasteiger partial charge in [0.1, 0.15) is 17.5 Å². The third-order valence-corrected chi connectivity index (χ3v) is 18.9. The van der Waals surface area contributed by atoms with Gasteiger partial charge in [0, 0.05) is 62.9 Å². The van der Waals surface area contributed by atoms with Gasteiger partial charge in [0.05, 0.1) is 45.6 Å². The van der Waals surface area contributed by atoms with Crippen molar-refractivity contribution in [3.8, 4) is 0 Å². The minimum Gasteiger partial charge on any atom is -0.257 e. The Hall–Kier alpha value is -7.22. The number of pyridine rings is 2. The highest BCUT2D eigenvalue weighted by molar-refractivity contribution is 5.40. The van der Waals surface area contributed by atoms with Crippen molar-refractivity contribution in [1.82, 2.24) is 70.2 Å². The van der Waals surface area contributed by atoms with Crippen LogP contribution in [0.25, 0.3) is 0 Å². The van der Waals surface area contributed by atoms with Crippen LogP contribution in [0.3, 0.4) is 0 Å². The Labute approximate surface area is 619 Å². The van der Waals surface area contributed by atoms with Gasteiger partial charge in [-0.3, -0.25) is 19.9 Å². The Balaban J connectivity index is -0.00000108. The van der Waals surface area contributed by atoms with E-state index in [0.717, 1.165) is 85.8 Å². The molecular formula is C87H146N14. The predicted molar refractivity (Wildman–Crippen MR) is 437 cm³/mol. The van der Waals surface area contributed by atoms with Crippen molar-refractivity contribution >= 4 is 0 Å². The highest BCUT2D eigenvalue weighted by Crippen LogP contribution is 2.27. The first-order chi connectivity index (χ1) is 45.0. The fourth-order valence-electron chi connectivity index (χ4n) is 10.9. The van der Waals surface area contributed by atoms with Crippen molar-refractivity contribution in [2.24, 2.45) is 0 Å². The van der Waals surface area contributed by atoms with Gasteiger partial charge in [-0.25, -0.2) is 29.9 Å². The van der Waals surface area contributed by atoms with Crippen LogP contribution in [0, 0.1) is 180 Å². The SMILES string of the molecule is C.C.C.Cc1nc(C(C)C)c(C)c(C)c1C.Cc1nc(C(C)C)c(C)c(C)c1C.Cc1nc(C(C)C)nc(C)c1C.Cc1nc(C)c(C(C)C)nc1C.Cc1nc(C)c(C)c(C(C)C)n1.Cc1nc(C)c(C)c(C(C)C)n1.Cc1nnc(C(C)C)c(C)c1C.Cc1nnc(C(C)C)c(C)c1C. The van der Waals surface area contributed by atoms with Gasteiger partial charge in [-0.05, 0) is 294 Å². The lowest BCUT2D eigenvalue weighted by atomic mass is 9.97. The molecule has 101 heavy (non-hydrogen) atoms. The second-order valence-corrected chi connectivity index (χ2v) is 29.5. The molecule has 0 amide bonds. The second kappa shape index (κ2) is 44.3. The maximum Gasteiger partial charge on any atom is 0.131 e. The van der Waals surface area contributed by atoms with Gasteiger partial charge >= 0.3 is 0 Å². The summed E-state index contributed by atoms with van der Waals surface area (Å²) >= 11 is 0. The van der Waals surface area contributed by atoms with Crippen LogP contribution in [-0.4, -0.2) is 70.2 Å². The molecule has 0 fully saturated rings. The molecule has 0 unspecified atom stereocenters. The molecular weight excluding hydrogens is 1240 g/mol. The first-order valence-corrected chi connectivity index (χ1v) is 35.8. The van der Waals surface area contributed by atoms with E-state index in [1.165, 1.54) is 106 Å². The molecule has 0 aliphatic rings. The summed E-state index contributed by atoms with van der Waals surface area (Å²) < 4.78 is 0. The largest absolute Gasteiger partial charge is 0.257 e. The zero-order chi connectivity index (χ0) is 76.1. The van der Waals surface area contributed by atoms with Crippen LogP contribution >= 0.6 is 0 Å². The van der Waals surface area contributed by atoms with Crippen molar-refractivity contribution in [2.75, 3.05) is 0 Å². The lowest BCUT2D eigenvalue weighted by Crippen LogP contribution is -2.03. The molecule has 0 aromatic carbocycles. The van der Waals surface area contributed by atoms with Crippen LogP contribution < -0.4 is 0 Å². The molecule has 14 nitrogen and oxygen atoms in total. The first kappa shape index (κ1) is 98.0. The van der Waals surface area contributed by atoms with Crippen molar-refractivity contribution in [3.05, 3.63) is 192 Å². The molecule has 0 radical (unpaired) electrons. The summed E-state index contributed by atoms with van der Waals surface area (Å²) in [5.41, 5.74) is 37.2. The molecule has 0 N–H and O–H groups in total. The third kappa shape index (κ3) is 28.9. The zero-order valence-corrected chi connectivity index (χ0v) is 69.9. The van der Waals surface area contributed by atoms with E-state index >= 15 is 0 Å². The quantitative estimate of drug-likeness (QED) is 0.140. The maximum absolute atomic E-state index is 4.63. The Morgan fingerprint density at radius 1 is 0.149 bits per heavy atom. The molecule has 0 aliphatic heterocycles. The van der Waals surface area contributed by atoms with Gasteiger partial charge in [0.15, 0.2) is 0 Å². The van der Waals surface area contributed by atoms with Gasteiger partial charge in [-0.1, -0.05) is 133 Å². The van der Waals surface area contributed by atoms with Gasteiger partial charge in [0.25, 0.3) is 0 Å². The van der Waals surface area contributed by atoms with Crippen molar-refractivity contribution in [3.63, 3.8) is 0 Å². The summed E-state index contributed by atoms with van der Waals surface area (Å²) in [4.78, 5) is 44.5. The lowest BCUT2D eigenvalue weighted by molar-refractivity contribution is 0.753. The average Bonchev–Trinajstić information content (AvgIpc) is 0.843. The highest BCUT2D eigenvalue weighted by Gasteiger charge is 2.16. The highest BCUT2D eigenvalue weighted by atomic mass is 15.1. The summed E-state index contributed by atoms with van der Waals surface area (Å²) in [5.74, 6) is 6.57. The van der Waals surface area contributed by atoms with E-state index in [9.17, 15) is 0 Å². The molecule has 0 saturated heterocycles. The number of aromatic nitrogens is 14. The van der Waals surface area contributed by atoms with Gasteiger partial charge in [-0.15, -0.1) is 0 Å². The number of hydrogen-bond donors (Lipinski definition) is 0. The molecule has 14 heteroatoms. The van der Waals surface area contributed by atoms with Gasteiger partial charge in [-0.2, -0.15) is 20.4 Å². The van der Waals surface area contributed by atoms with Gasteiger partial charge < -0.3 is 0 Å². The minimum atomic E-state index is 0. The molecule has 0 atom stereocenters. The topological polar surface area (TPSA) is 180 Å². The average molecular weight is 1390 g/mol. The lowest BCUT2D eigenvalue weighted by Gasteiger charge is -2.15. The first-order valence-electron chi connectivity index (χ1n) is 35.8. The van der Waals surface area contributed by atoms with Crippen molar-refractivity contribution < 1.29 is 0 Å². The zero-order valence-electron chi connectivity index (χ0n) is 69.9. The summed E-state index contributed by atoms with van der Waals surface area (Å²) in [6, 6.07) is 0. The fourth-order valence-corrected chi connectivity index (χ4v) is 10.9. The van der Waals surface area contributed by atoms with E-state index < -0.39 is 0 Å². The van der Waals surface area contributed by atoms with Crippen LogP contribution in [0.2, 0.25) is 0 Å². The Morgan fingerprint density at radius 3 is 0.653 bits per heavy atom. The molecule has 8 rings (SSSR count). The van der Waals surface area contributed by atoms with Crippen LogP contribution in [0.1, 0.15) is 373 Å². The molecule has 0 spiro atoms. The van der Waals surface area contributed by atoms with Gasteiger partial charge in [0.2, 0.25) is 0 Å². The molecule has 0 saturated carbocycles. The van der Waals surface area contributed by atoms with E-state index in [2.05, 4.69) is 285 Å². The van der Waals surface area contributed by atoms with E-state index in [1.54, 1.807) is 0 Å².